The largest absolute Gasteiger partial charge is 0.390 e. The first-order valence-corrected chi connectivity index (χ1v) is 7.79. The number of hydrogen-bond donors (Lipinski definition) is 1. The van der Waals surface area contributed by atoms with Crippen molar-refractivity contribution in [3.05, 3.63) is 0 Å². The van der Waals surface area contributed by atoms with Crippen molar-refractivity contribution < 1.29 is 13.2 Å². The zero-order valence-electron chi connectivity index (χ0n) is 12.5. The summed E-state index contributed by atoms with van der Waals surface area (Å²) in [6.45, 7) is 4.66. The summed E-state index contributed by atoms with van der Waals surface area (Å²) in [5, 5.41) is 2.94. The van der Waals surface area contributed by atoms with Crippen LogP contribution in [0.25, 0.3) is 0 Å². The van der Waals surface area contributed by atoms with Crippen molar-refractivity contribution in [1.29, 1.82) is 0 Å². The summed E-state index contributed by atoms with van der Waals surface area (Å²) in [5.74, 6) is 0. The summed E-state index contributed by atoms with van der Waals surface area (Å²) in [6.07, 6.45) is 5.37. The Bertz CT molecular complexity index is 192. The molecule has 0 bridgehead atoms. The fourth-order valence-corrected chi connectivity index (χ4v) is 2.37. The molecule has 1 unspecified atom stereocenters. The van der Waals surface area contributed by atoms with Gasteiger partial charge in [0.15, 0.2) is 0 Å². The molecule has 1 atom stereocenters. The van der Waals surface area contributed by atoms with Gasteiger partial charge in [0, 0.05) is 6.04 Å². The Kier molecular flexibility index (Phi) is 11.4. The number of hydrogen-bond acceptors (Lipinski definition) is 1. The molecular formula is C15H30F3N. The highest BCUT2D eigenvalue weighted by molar-refractivity contribution is 4.70. The lowest BCUT2D eigenvalue weighted by Gasteiger charge is -2.19. The van der Waals surface area contributed by atoms with Crippen LogP contribution in [0.5, 0.6) is 0 Å². The van der Waals surface area contributed by atoms with E-state index in [2.05, 4.69) is 12.2 Å². The van der Waals surface area contributed by atoms with Crippen molar-refractivity contribution >= 4 is 0 Å². The summed E-state index contributed by atoms with van der Waals surface area (Å²) in [5.41, 5.74) is 0. The van der Waals surface area contributed by atoms with Crippen LogP contribution in [0, 0.1) is 0 Å². The first kappa shape index (κ1) is 18.8. The van der Waals surface area contributed by atoms with E-state index in [1.54, 1.807) is 0 Å². The molecule has 0 fully saturated rings. The molecule has 0 spiro atoms. The molecule has 0 aliphatic heterocycles. The third kappa shape index (κ3) is 14.0. The number of unbranched alkanes of at least 4 members (excludes halogenated alkanes) is 7. The maximum atomic E-state index is 12.3. The van der Waals surface area contributed by atoms with Gasteiger partial charge in [-0.05, 0) is 13.0 Å². The average molecular weight is 281 g/mol. The van der Waals surface area contributed by atoms with Crippen molar-refractivity contribution in [2.75, 3.05) is 6.54 Å². The fourth-order valence-electron chi connectivity index (χ4n) is 2.37. The second-order valence-corrected chi connectivity index (χ2v) is 5.34. The minimum atomic E-state index is -4.05. The van der Waals surface area contributed by atoms with E-state index in [-0.39, 0.29) is 0 Å². The molecule has 1 N–H and O–H groups in total. The predicted octanol–water partition coefficient (Wildman–Crippen LogP) is 5.45. The normalized spacial score (nSPS) is 13.7. The molecule has 0 aliphatic rings. The third-order valence-electron chi connectivity index (χ3n) is 3.38. The van der Waals surface area contributed by atoms with E-state index in [1.807, 2.05) is 6.92 Å². The summed E-state index contributed by atoms with van der Waals surface area (Å²) in [4.78, 5) is 0. The van der Waals surface area contributed by atoms with Crippen LogP contribution in [0.3, 0.4) is 0 Å². The topological polar surface area (TPSA) is 12.0 Å². The van der Waals surface area contributed by atoms with Gasteiger partial charge in [0.25, 0.3) is 0 Å². The van der Waals surface area contributed by atoms with Crippen LogP contribution in [-0.2, 0) is 0 Å². The highest BCUT2D eigenvalue weighted by atomic mass is 19.4. The van der Waals surface area contributed by atoms with Gasteiger partial charge in [0.2, 0.25) is 0 Å². The number of rotatable bonds is 12. The molecule has 0 aliphatic carbocycles. The molecule has 0 aromatic rings. The van der Waals surface area contributed by atoms with E-state index in [1.165, 1.54) is 32.1 Å². The van der Waals surface area contributed by atoms with Gasteiger partial charge in [0.05, 0.1) is 6.42 Å². The lowest BCUT2D eigenvalue weighted by atomic mass is 10.0. The third-order valence-corrected chi connectivity index (χ3v) is 3.38. The van der Waals surface area contributed by atoms with Crippen molar-refractivity contribution in [3.63, 3.8) is 0 Å². The zero-order valence-corrected chi connectivity index (χ0v) is 12.5. The van der Waals surface area contributed by atoms with Crippen LogP contribution in [0.1, 0.15) is 78.1 Å². The van der Waals surface area contributed by atoms with Gasteiger partial charge in [-0.25, -0.2) is 0 Å². The van der Waals surface area contributed by atoms with E-state index in [4.69, 9.17) is 0 Å². The van der Waals surface area contributed by atoms with Crippen LogP contribution in [0.15, 0.2) is 0 Å². The number of halogens is 3. The summed E-state index contributed by atoms with van der Waals surface area (Å²) in [6, 6.07) is -0.398. The van der Waals surface area contributed by atoms with Gasteiger partial charge >= 0.3 is 6.18 Å². The van der Waals surface area contributed by atoms with Crippen molar-refractivity contribution in [2.45, 2.75) is 90.3 Å². The molecule has 116 valence electrons. The molecule has 4 heteroatoms. The van der Waals surface area contributed by atoms with Crippen LogP contribution in [0.4, 0.5) is 13.2 Å². The maximum Gasteiger partial charge on any atom is 0.390 e. The Morgan fingerprint density at radius 2 is 1.37 bits per heavy atom. The van der Waals surface area contributed by atoms with Gasteiger partial charge in [-0.1, -0.05) is 65.2 Å². The Labute approximate surface area is 116 Å². The van der Waals surface area contributed by atoms with Gasteiger partial charge in [0.1, 0.15) is 0 Å². The average Bonchev–Trinajstić information content (AvgIpc) is 2.31. The van der Waals surface area contributed by atoms with E-state index in [9.17, 15) is 13.2 Å². The van der Waals surface area contributed by atoms with Crippen molar-refractivity contribution in [3.8, 4) is 0 Å². The van der Waals surface area contributed by atoms with Crippen LogP contribution < -0.4 is 5.32 Å². The lowest BCUT2D eigenvalue weighted by molar-refractivity contribution is -0.140. The lowest BCUT2D eigenvalue weighted by Crippen LogP contribution is -2.33. The standard InChI is InChI=1S/C15H30F3N/c1-3-5-6-7-8-9-10-11-12-14(19-4-2)13-15(16,17)18/h14,19H,3-13H2,1-2H3. The second-order valence-electron chi connectivity index (χ2n) is 5.34. The molecule has 0 aromatic carbocycles. The smallest absolute Gasteiger partial charge is 0.314 e. The maximum absolute atomic E-state index is 12.3. The highest BCUT2D eigenvalue weighted by Crippen LogP contribution is 2.24. The molecule has 0 amide bonds. The molecule has 0 radical (unpaired) electrons. The van der Waals surface area contributed by atoms with Crippen LogP contribution in [-0.4, -0.2) is 18.8 Å². The van der Waals surface area contributed by atoms with Crippen LogP contribution >= 0.6 is 0 Å². The van der Waals surface area contributed by atoms with E-state index in [0.29, 0.717) is 13.0 Å². The minimum Gasteiger partial charge on any atom is -0.314 e. The number of alkyl halides is 3. The molecule has 0 saturated heterocycles. The van der Waals surface area contributed by atoms with Gasteiger partial charge in [-0.3, -0.25) is 0 Å². The Morgan fingerprint density at radius 1 is 0.842 bits per heavy atom. The first-order valence-electron chi connectivity index (χ1n) is 7.79. The van der Waals surface area contributed by atoms with E-state index >= 15 is 0 Å². The molecule has 0 saturated carbocycles. The van der Waals surface area contributed by atoms with Gasteiger partial charge in [-0.2, -0.15) is 13.2 Å². The Balaban J connectivity index is 3.53. The van der Waals surface area contributed by atoms with Gasteiger partial charge < -0.3 is 5.32 Å². The molecule has 0 rings (SSSR count). The summed E-state index contributed by atoms with van der Waals surface area (Å²) in [7, 11) is 0. The van der Waals surface area contributed by atoms with Gasteiger partial charge in [-0.15, -0.1) is 0 Å². The fraction of sp³-hybridized carbons (Fsp3) is 1.00. The summed E-state index contributed by atoms with van der Waals surface area (Å²) >= 11 is 0. The Hall–Kier alpha value is -0.250. The summed E-state index contributed by atoms with van der Waals surface area (Å²) < 4.78 is 37.0. The molecular weight excluding hydrogens is 251 g/mol. The second kappa shape index (κ2) is 11.6. The molecule has 1 nitrogen and oxygen atoms in total. The Morgan fingerprint density at radius 3 is 1.84 bits per heavy atom. The minimum absolute atomic E-state index is 0.398. The van der Waals surface area contributed by atoms with Crippen molar-refractivity contribution in [1.82, 2.24) is 5.32 Å². The van der Waals surface area contributed by atoms with Crippen LogP contribution in [0.2, 0.25) is 0 Å². The SMILES string of the molecule is CCCCCCCCCCC(CC(F)(F)F)NCC. The van der Waals surface area contributed by atoms with Crippen molar-refractivity contribution in [2.24, 2.45) is 0 Å². The molecule has 0 aromatic heterocycles. The van der Waals surface area contributed by atoms with E-state index < -0.39 is 18.6 Å². The molecule has 0 heterocycles. The quantitative estimate of drug-likeness (QED) is 0.469. The highest BCUT2D eigenvalue weighted by Gasteiger charge is 2.31. The monoisotopic (exact) mass is 281 g/mol. The molecule has 19 heavy (non-hydrogen) atoms. The first-order chi connectivity index (χ1) is 8.99. The zero-order chi connectivity index (χ0) is 14.6. The predicted molar refractivity (Wildman–Crippen MR) is 75.4 cm³/mol. The number of nitrogens with one attached hydrogen (secondary N) is 1. The van der Waals surface area contributed by atoms with E-state index in [0.717, 1.165) is 19.3 Å².